The second-order valence-electron chi connectivity index (χ2n) is 7.38. The topological polar surface area (TPSA) is 114 Å². The van der Waals surface area contributed by atoms with E-state index in [1.165, 1.54) is 0 Å². The molecule has 0 amide bonds. The van der Waals surface area contributed by atoms with Gasteiger partial charge in [-0.05, 0) is 69.1 Å². The van der Waals surface area contributed by atoms with Crippen LogP contribution in [0.3, 0.4) is 0 Å². The lowest BCUT2D eigenvalue weighted by atomic mass is 9.96. The van der Waals surface area contributed by atoms with E-state index in [2.05, 4.69) is 26.3 Å². The number of benzene rings is 1. The summed E-state index contributed by atoms with van der Waals surface area (Å²) in [5.41, 5.74) is 9.31. The van der Waals surface area contributed by atoms with Crippen LogP contribution in [-0.2, 0) is 13.1 Å². The molecule has 4 rings (SSSR count). The molecule has 0 radical (unpaired) electrons. The van der Waals surface area contributed by atoms with Gasteiger partial charge in [-0.3, -0.25) is 4.90 Å². The normalized spacial score (nSPS) is 15.4. The Bertz CT molecular complexity index is 943. The van der Waals surface area contributed by atoms with Crippen LogP contribution in [0.25, 0.3) is 11.1 Å². The van der Waals surface area contributed by atoms with Crippen LogP contribution in [-0.4, -0.2) is 38.4 Å². The van der Waals surface area contributed by atoms with Crippen LogP contribution >= 0.6 is 12.4 Å². The number of nitrogens with zero attached hydrogens (tertiary/aromatic N) is 4. The molecule has 1 fully saturated rings. The highest BCUT2D eigenvalue weighted by Crippen LogP contribution is 2.32. The number of phenols is 1. The molecule has 9 heteroatoms. The number of halogens is 1. The third-order valence-electron chi connectivity index (χ3n) is 5.30. The summed E-state index contributed by atoms with van der Waals surface area (Å²) in [6.45, 7) is 6.71. The van der Waals surface area contributed by atoms with Gasteiger partial charge in [0.15, 0.2) is 0 Å². The number of nitrogens with two attached hydrogens (primary N) is 1. The molecular formula is C20H26ClN5O3. The molecule has 1 saturated heterocycles. The van der Waals surface area contributed by atoms with Crippen LogP contribution in [0.2, 0.25) is 0 Å². The van der Waals surface area contributed by atoms with Crippen molar-refractivity contribution in [2.75, 3.05) is 13.1 Å². The molecule has 0 atom stereocenters. The second kappa shape index (κ2) is 8.94. The fourth-order valence-electron chi connectivity index (χ4n) is 3.92. The summed E-state index contributed by atoms with van der Waals surface area (Å²) in [7, 11) is 0. The third kappa shape index (κ3) is 4.60. The van der Waals surface area contributed by atoms with E-state index in [4.69, 9.17) is 14.7 Å². The molecule has 29 heavy (non-hydrogen) atoms. The molecule has 156 valence electrons. The van der Waals surface area contributed by atoms with Crippen LogP contribution in [0.1, 0.15) is 47.6 Å². The molecule has 1 aliphatic heterocycles. The SMILES string of the molecule is Cc1noc(C)c1-c1cc(O)cc(CN2CCC(c3nnc(CN)o3)CC2)c1.Cl. The van der Waals surface area contributed by atoms with Crippen molar-refractivity contribution < 1.29 is 14.0 Å². The van der Waals surface area contributed by atoms with Gasteiger partial charge in [0.1, 0.15) is 11.5 Å². The highest BCUT2D eigenvalue weighted by atomic mass is 35.5. The molecule has 3 heterocycles. The highest BCUT2D eigenvalue weighted by molar-refractivity contribution is 5.85. The Labute approximate surface area is 175 Å². The van der Waals surface area contributed by atoms with Crippen molar-refractivity contribution in [1.82, 2.24) is 20.3 Å². The van der Waals surface area contributed by atoms with Gasteiger partial charge in [0.05, 0.1) is 12.2 Å². The average Bonchev–Trinajstić information content (AvgIpc) is 3.28. The maximum atomic E-state index is 10.2. The van der Waals surface area contributed by atoms with Crippen molar-refractivity contribution in [3.63, 3.8) is 0 Å². The number of hydrogen-bond acceptors (Lipinski definition) is 8. The molecule has 3 aromatic rings. The summed E-state index contributed by atoms with van der Waals surface area (Å²) in [4.78, 5) is 2.38. The molecule has 0 bridgehead atoms. The molecule has 0 saturated carbocycles. The summed E-state index contributed by atoms with van der Waals surface area (Å²) in [5, 5.41) is 22.3. The summed E-state index contributed by atoms with van der Waals surface area (Å²) < 4.78 is 10.9. The van der Waals surface area contributed by atoms with Crippen molar-refractivity contribution in [2.24, 2.45) is 5.73 Å². The van der Waals surface area contributed by atoms with Crippen molar-refractivity contribution in [1.29, 1.82) is 0 Å². The van der Waals surface area contributed by atoms with Gasteiger partial charge in [-0.15, -0.1) is 22.6 Å². The number of rotatable bonds is 5. The van der Waals surface area contributed by atoms with Crippen molar-refractivity contribution in [3.8, 4) is 16.9 Å². The number of likely N-dealkylation sites (tertiary alicyclic amines) is 1. The Morgan fingerprint density at radius 3 is 2.55 bits per heavy atom. The van der Waals surface area contributed by atoms with Gasteiger partial charge in [0.25, 0.3) is 0 Å². The van der Waals surface area contributed by atoms with E-state index in [0.717, 1.165) is 60.6 Å². The van der Waals surface area contributed by atoms with Gasteiger partial charge in [-0.2, -0.15) is 0 Å². The Balaban J connectivity index is 0.00000240. The fourth-order valence-corrected chi connectivity index (χ4v) is 3.92. The van der Waals surface area contributed by atoms with Crippen LogP contribution in [0.4, 0.5) is 0 Å². The van der Waals surface area contributed by atoms with E-state index < -0.39 is 0 Å². The summed E-state index contributed by atoms with van der Waals surface area (Å²) in [6, 6.07) is 5.68. The van der Waals surface area contributed by atoms with Gasteiger partial charge in [0.2, 0.25) is 11.8 Å². The van der Waals surface area contributed by atoms with Crippen LogP contribution < -0.4 is 5.73 Å². The molecular weight excluding hydrogens is 394 g/mol. The predicted molar refractivity (Wildman–Crippen MR) is 110 cm³/mol. The first-order valence-corrected chi connectivity index (χ1v) is 9.54. The summed E-state index contributed by atoms with van der Waals surface area (Å²) >= 11 is 0. The minimum Gasteiger partial charge on any atom is -0.508 e. The number of phenolic OH excluding ortho intramolecular Hbond substituents is 1. The molecule has 0 unspecified atom stereocenters. The Morgan fingerprint density at radius 1 is 1.17 bits per heavy atom. The minimum absolute atomic E-state index is 0. The van der Waals surface area contributed by atoms with Crippen LogP contribution in [0.5, 0.6) is 5.75 Å². The number of piperidine rings is 1. The number of hydrogen-bond donors (Lipinski definition) is 2. The molecule has 3 N–H and O–H groups in total. The zero-order valence-corrected chi connectivity index (χ0v) is 17.4. The molecule has 0 aliphatic carbocycles. The van der Waals surface area contributed by atoms with Gasteiger partial charge in [-0.25, -0.2) is 0 Å². The summed E-state index contributed by atoms with van der Waals surface area (Å²) in [6.07, 6.45) is 1.92. The van der Waals surface area contributed by atoms with Gasteiger partial charge < -0.3 is 19.8 Å². The monoisotopic (exact) mass is 419 g/mol. The average molecular weight is 420 g/mol. The Hall–Kier alpha value is -2.42. The van der Waals surface area contributed by atoms with Gasteiger partial charge in [-0.1, -0.05) is 5.16 Å². The zero-order valence-electron chi connectivity index (χ0n) is 16.6. The van der Waals surface area contributed by atoms with Crippen molar-refractivity contribution in [3.05, 3.63) is 47.0 Å². The predicted octanol–water partition coefficient (Wildman–Crippen LogP) is 3.31. The first-order chi connectivity index (χ1) is 13.5. The van der Waals surface area contributed by atoms with Gasteiger partial charge in [0, 0.05) is 18.0 Å². The highest BCUT2D eigenvalue weighted by Gasteiger charge is 2.25. The number of aromatic hydroxyl groups is 1. The van der Waals surface area contributed by atoms with Gasteiger partial charge >= 0.3 is 0 Å². The smallest absolute Gasteiger partial charge is 0.230 e. The molecule has 1 aromatic carbocycles. The summed E-state index contributed by atoms with van der Waals surface area (Å²) in [5.74, 6) is 2.47. The maximum absolute atomic E-state index is 10.2. The molecule has 1 aliphatic rings. The van der Waals surface area contributed by atoms with E-state index in [1.54, 1.807) is 6.07 Å². The maximum Gasteiger partial charge on any atom is 0.230 e. The van der Waals surface area contributed by atoms with E-state index in [0.29, 0.717) is 11.8 Å². The quantitative estimate of drug-likeness (QED) is 0.647. The lowest BCUT2D eigenvalue weighted by Crippen LogP contribution is -2.32. The first-order valence-electron chi connectivity index (χ1n) is 9.54. The fraction of sp³-hybridized carbons (Fsp3) is 0.450. The third-order valence-corrected chi connectivity index (χ3v) is 5.30. The van der Waals surface area contributed by atoms with Crippen LogP contribution in [0.15, 0.2) is 27.1 Å². The minimum atomic E-state index is 0. The van der Waals surface area contributed by atoms with E-state index in [1.807, 2.05) is 19.9 Å². The van der Waals surface area contributed by atoms with E-state index in [-0.39, 0.29) is 30.6 Å². The van der Waals surface area contributed by atoms with Crippen molar-refractivity contribution >= 4 is 12.4 Å². The Morgan fingerprint density at radius 2 is 1.93 bits per heavy atom. The molecule has 0 spiro atoms. The largest absolute Gasteiger partial charge is 0.508 e. The zero-order chi connectivity index (χ0) is 19.7. The number of aryl methyl sites for hydroxylation is 2. The van der Waals surface area contributed by atoms with E-state index in [9.17, 15) is 5.11 Å². The van der Waals surface area contributed by atoms with Crippen LogP contribution in [0, 0.1) is 13.8 Å². The lowest BCUT2D eigenvalue weighted by Gasteiger charge is -2.30. The second-order valence-corrected chi connectivity index (χ2v) is 7.38. The number of aromatic nitrogens is 3. The van der Waals surface area contributed by atoms with E-state index >= 15 is 0 Å². The molecule has 2 aromatic heterocycles. The lowest BCUT2D eigenvalue weighted by molar-refractivity contribution is 0.192. The van der Waals surface area contributed by atoms with Crippen molar-refractivity contribution in [2.45, 2.75) is 45.7 Å². The first kappa shape index (κ1) is 21.3. The standard InChI is InChI=1S/C20H25N5O3.ClH/c1-12-19(13(2)28-24-12)16-7-14(8-17(26)9-16)11-25-5-3-15(4-6-25)20-23-22-18(10-21)27-20;/h7-9,15,26H,3-6,10-11,21H2,1-2H3;1H. The Kier molecular flexibility index (Phi) is 6.56. The molecule has 8 nitrogen and oxygen atoms in total.